The molecule has 2 N–H and O–H groups in total. The minimum absolute atomic E-state index is 0.232. The highest BCUT2D eigenvalue weighted by atomic mass is 19.1. The molecule has 10 nitrogen and oxygen atoms in total. The molecule has 11 heteroatoms. The topological polar surface area (TPSA) is 106 Å². The van der Waals surface area contributed by atoms with E-state index < -0.39 is 11.7 Å². The molecule has 2 aromatic carbocycles. The van der Waals surface area contributed by atoms with Gasteiger partial charge >= 0.3 is 6.01 Å². The smallest absolute Gasteiger partial charge is 0.316 e. The fourth-order valence-electron chi connectivity index (χ4n) is 5.73. The average Bonchev–Trinajstić information content (AvgIpc) is 3.32. The Morgan fingerprint density at radius 3 is 2.73 bits per heavy atom. The summed E-state index contributed by atoms with van der Waals surface area (Å²) in [6.07, 6.45) is 5.32. The summed E-state index contributed by atoms with van der Waals surface area (Å²) in [5, 5.41) is 11.9. The SMILES string of the molecule is C[C@@H]1CN(c2ccc(C(=O)Nc3cc(F)c4nn(C)cc4c3)c3nc(OCC4CCOCC4)ncc23)C[C@H](C)N1. The monoisotopic (exact) mass is 547 g/mol. The molecule has 2 aliphatic rings. The molecule has 2 fully saturated rings. The van der Waals surface area contributed by atoms with Gasteiger partial charge in [-0.05, 0) is 56.9 Å². The number of fused-ring (bicyclic) bond motifs is 2. The number of aryl methyl sites for hydroxylation is 1. The lowest BCUT2D eigenvalue weighted by Gasteiger charge is -2.38. The number of hydrogen-bond acceptors (Lipinski definition) is 8. The molecule has 1 amide bonds. The standard InChI is InChI=1S/C29H34FN7O3/c1-17-13-37(14-18(2)32-17)25-5-4-22(28(38)33-21-10-20-15-36(3)35-26(20)24(30)11-21)27-23(25)12-31-29(34-27)40-16-19-6-8-39-9-7-19/h4-5,10-12,15,17-19,32H,6-9,13-14,16H2,1-3H3,(H,33,38)/t17-,18+. The number of ether oxygens (including phenoxy) is 2. The van der Waals surface area contributed by atoms with Crippen molar-refractivity contribution >= 4 is 39.1 Å². The van der Waals surface area contributed by atoms with Crippen molar-refractivity contribution in [3.8, 4) is 6.01 Å². The fraction of sp³-hybridized carbons (Fsp3) is 0.448. The number of hydrogen-bond donors (Lipinski definition) is 2. The van der Waals surface area contributed by atoms with Crippen LogP contribution in [0, 0.1) is 11.7 Å². The van der Waals surface area contributed by atoms with E-state index in [1.54, 1.807) is 36.3 Å². The van der Waals surface area contributed by atoms with Gasteiger partial charge in [-0.2, -0.15) is 10.1 Å². The van der Waals surface area contributed by atoms with E-state index in [9.17, 15) is 9.18 Å². The summed E-state index contributed by atoms with van der Waals surface area (Å²) < 4.78 is 27.7. The molecular weight excluding hydrogens is 513 g/mol. The second-order valence-electron chi connectivity index (χ2n) is 10.9. The second kappa shape index (κ2) is 11.0. The molecule has 0 bridgehead atoms. The quantitative estimate of drug-likeness (QED) is 0.375. The van der Waals surface area contributed by atoms with Gasteiger partial charge in [-0.15, -0.1) is 0 Å². The molecule has 0 unspecified atom stereocenters. The maximum Gasteiger partial charge on any atom is 0.316 e. The zero-order chi connectivity index (χ0) is 27.8. The molecule has 6 rings (SSSR count). The number of benzene rings is 2. The zero-order valence-electron chi connectivity index (χ0n) is 23.0. The Bertz CT molecular complexity index is 1540. The minimum atomic E-state index is -0.498. The number of nitrogens with one attached hydrogen (secondary N) is 2. The molecule has 210 valence electrons. The van der Waals surface area contributed by atoms with Crippen LogP contribution in [0.25, 0.3) is 21.8 Å². The molecule has 40 heavy (non-hydrogen) atoms. The molecule has 2 saturated heterocycles. The number of rotatable bonds is 6. The number of carbonyl (C=O) groups is 1. The van der Waals surface area contributed by atoms with Gasteiger partial charge in [0.1, 0.15) is 5.52 Å². The van der Waals surface area contributed by atoms with E-state index in [2.05, 4.69) is 39.5 Å². The first kappa shape index (κ1) is 26.4. The van der Waals surface area contributed by atoms with Crippen LogP contribution < -0.4 is 20.3 Å². The number of halogens is 1. The van der Waals surface area contributed by atoms with Gasteiger partial charge in [0.25, 0.3) is 5.91 Å². The second-order valence-corrected chi connectivity index (χ2v) is 10.9. The first-order valence-electron chi connectivity index (χ1n) is 13.8. The largest absolute Gasteiger partial charge is 0.463 e. The molecule has 2 atom stereocenters. The van der Waals surface area contributed by atoms with Crippen molar-refractivity contribution < 1.29 is 18.7 Å². The molecule has 0 spiro atoms. The molecule has 2 aromatic heterocycles. The summed E-state index contributed by atoms with van der Waals surface area (Å²) >= 11 is 0. The number of piperazine rings is 1. The summed E-state index contributed by atoms with van der Waals surface area (Å²) in [6.45, 7) is 7.90. The summed E-state index contributed by atoms with van der Waals surface area (Å²) in [4.78, 5) is 25.1. The van der Waals surface area contributed by atoms with Crippen molar-refractivity contribution in [3.63, 3.8) is 0 Å². The van der Waals surface area contributed by atoms with Crippen LogP contribution in [0.2, 0.25) is 0 Å². The van der Waals surface area contributed by atoms with Crippen molar-refractivity contribution in [1.29, 1.82) is 0 Å². The minimum Gasteiger partial charge on any atom is -0.463 e. The Labute approximate surface area is 231 Å². The van der Waals surface area contributed by atoms with Crippen LogP contribution in [0.1, 0.15) is 37.0 Å². The number of aromatic nitrogens is 4. The van der Waals surface area contributed by atoms with E-state index in [0.29, 0.717) is 46.8 Å². The molecule has 0 radical (unpaired) electrons. The molecule has 4 aromatic rings. The van der Waals surface area contributed by atoms with Crippen molar-refractivity contribution in [3.05, 3.63) is 48.0 Å². The van der Waals surface area contributed by atoms with Crippen LogP contribution in [-0.2, 0) is 11.8 Å². The van der Waals surface area contributed by atoms with Crippen molar-refractivity contribution in [2.75, 3.05) is 43.1 Å². The summed E-state index contributed by atoms with van der Waals surface area (Å²) in [5.74, 6) is -0.514. The lowest BCUT2D eigenvalue weighted by atomic mass is 10.0. The number of anilines is 2. The van der Waals surface area contributed by atoms with Gasteiger partial charge in [0.15, 0.2) is 5.82 Å². The highest BCUT2D eigenvalue weighted by Gasteiger charge is 2.25. The van der Waals surface area contributed by atoms with Crippen LogP contribution in [0.4, 0.5) is 15.8 Å². The van der Waals surface area contributed by atoms with Gasteiger partial charge in [-0.25, -0.2) is 9.37 Å². The van der Waals surface area contributed by atoms with Crippen LogP contribution in [0.15, 0.2) is 36.7 Å². The Balaban J connectivity index is 1.34. The summed E-state index contributed by atoms with van der Waals surface area (Å²) in [6, 6.07) is 7.56. The van der Waals surface area contributed by atoms with Gasteiger partial charge in [0.2, 0.25) is 0 Å². The van der Waals surface area contributed by atoms with E-state index in [1.165, 1.54) is 6.07 Å². The van der Waals surface area contributed by atoms with Gasteiger partial charge < -0.3 is 25.0 Å². The van der Waals surface area contributed by atoms with E-state index >= 15 is 0 Å². The van der Waals surface area contributed by atoms with Gasteiger partial charge in [-0.1, -0.05) is 0 Å². The van der Waals surface area contributed by atoms with Crippen LogP contribution >= 0.6 is 0 Å². The van der Waals surface area contributed by atoms with Gasteiger partial charge in [0, 0.05) is 80.0 Å². The van der Waals surface area contributed by atoms with E-state index in [1.807, 2.05) is 6.07 Å². The van der Waals surface area contributed by atoms with E-state index in [0.717, 1.165) is 50.2 Å². The Morgan fingerprint density at radius 1 is 1.18 bits per heavy atom. The van der Waals surface area contributed by atoms with Crippen LogP contribution in [0.3, 0.4) is 0 Å². The van der Waals surface area contributed by atoms with Crippen LogP contribution in [-0.4, -0.2) is 70.6 Å². The summed E-state index contributed by atoms with van der Waals surface area (Å²) in [7, 11) is 1.73. The highest BCUT2D eigenvalue weighted by Crippen LogP contribution is 2.32. The van der Waals surface area contributed by atoms with E-state index in [-0.39, 0.29) is 11.5 Å². The van der Waals surface area contributed by atoms with Crippen molar-refractivity contribution in [2.24, 2.45) is 13.0 Å². The number of nitrogens with zero attached hydrogens (tertiary/aromatic N) is 5. The summed E-state index contributed by atoms with van der Waals surface area (Å²) in [5.41, 5.74) is 2.42. The Kier molecular flexibility index (Phi) is 7.24. The van der Waals surface area contributed by atoms with Crippen molar-refractivity contribution in [1.82, 2.24) is 25.1 Å². The lowest BCUT2D eigenvalue weighted by Crippen LogP contribution is -2.54. The highest BCUT2D eigenvalue weighted by molar-refractivity contribution is 6.14. The Hall–Kier alpha value is -3.83. The zero-order valence-corrected chi connectivity index (χ0v) is 23.0. The molecule has 4 heterocycles. The van der Waals surface area contributed by atoms with E-state index in [4.69, 9.17) is 14.5 Å². The predicted octanol–water partition coefficient (Wildman–Crippen LogP) is 3.90. The Morgan fingerprint density at radius 2 is 1.95 bits per heavy atom. The van der Waals surface area contributed by atoms with Gasteiger partial charge in [-0.3, -0.25) is 9.48 Å². The lowest BCUT2D eigenvalue weighted by molar-refractivity contribution is 0.0483. The third-order valence-corrected chi connectivity index (χ3v) is 7.57. The molecule has 0 saturated carbocycles. The maximum atomic E-state index is 14.7. The maximum absolute atomic E-state index is 14.7. The molecule has 0 aliphatic carbocycles. The number of amides is 1. The average molecular weight is 548 g/mol. The first-order chi connectivity index (χ1) is 19.3. The van der Waals surface area contributed by atoms with Crippen LogP contribution in [0.5, 0.6) is 6.01 Å². The predicted molar refractivity (Wildman–Crippen MR) is 151 cm³/mol. The number of carbonyl (C=O) groups excluding carboxylic acids is 1. The third-order valence-electron chi connectivity index (χ3n) is 7.57. The van der Waals surface area contributed by atoms with Gasteiger partial charge in [0.05, 0.1) is 17.7 Å². The normalized spacial score (nSPS) is 20.2. The van der Waals surface area contributed by atoms with Crippen molar-refractivity contribution in [2.45, 2.75) is 38.8 Å². The third kappa shape index (κ3) is 5.44. The molecule has 2 aliphatic heterocycles. The fourth-order valence-corrected chi connectivity index (χ4v) is 5.73. The first-order valence-corrected chi connectivity index (χ1v) is 13.8. The molecular formula is C29H34FN7O3.